The first kappa shape index (κ1) is 26.2. The highest BCUT2D eigenvalue weighted by atomic mass is 16.5. The summed E-state index contributed by atoms with van der Waals surface area (Å²) in [4.78, 5) is 27.2. The molecule has 8 nitrogen and oxygen atoms in total. The van der Waals surface area contributed by atoms with Crippen molar-refractivity contribution >= 4 is 17.6 Å². The molecule has 40 heavy (non-hydrogen) atoms. The molecule has 1 N–H and O–H groups in total. The summed E-state index contributed by atoms with van der Waals surface area (Å²) in [5, 5.41) is 7.53. The molecule has 0 aliphatic rings. The SMILES string of the molecule is COc1ccc(-c2nn(-c3ccccc3)cc2C(=O)O[C@@H](C(=O)Nc2cccc(OC)c2)c2ccccc2)cc1. The second-order valence-corrected chi connectivity index (χ2v) is 8.82. The van der Waals surface area contributed by atoms with E-state index in [4.69, 9.17) is 19.3 Å². The zero-order valence-corrected chi connectivity index (χ0v) is 22.0. The first-order valence-corrected chi connectivity index (χ1v) is 12.6. The van der Waals surface area contributed by atoms with E-state index < -0.39 is 18.0 Å². The van der Waals surface area contributed by atoms with E-state index in [0.29, 0.717) is 34.0 Å². The third-order valence-electron chi connectivity index (χ3n) is 6.22. The van der Waals surface area contributed by atoms with E-state index in [1.165, 1.54) is 0 Å². The number of amides is 1. The van der Waals surface area contributed by atoms with Crippen molar-refractivity contribution < 1.29 is 23.8 Å². The summed E-state index contributed by atoms with van der Waals surface area (Å²) < 4.78 is 18.1. The fourth-order valence-electron chi connectivity index (χ4n) is 4.18. The second-order valence-electron chi connectivity index (χ2n) is 8.82. The number of nitrogens with zero attached hydrogens (tertiary/aromatic N) is 2. The van der Waals surface area contributed by atoms with E-state index in [0.717, 1.165) is 5.69 Å². The quantitative estimate of drug-likeness (QED) is 0.231. The van der Waals surface area contributed by atoms with Gasteiger partial charge in [0.1, 0.15) is 22.8 Å². The van der Waals surface area contributed by atoms with Crippen molar-refractivity contribution in [2.24, 2.45) is 0 Å². The number of anilines is 1. The van der Waals surface area contributed by atoms with Crippen LogP contribution in [0.15, 0.2) is 115 Å². The Morgan fingerprint density at radius 3 is 2.12 bits per heavy atom. The molecule has 0 saturated heterocycles. The van der Waals surface area contributed by atoms with E-state index in [-0.39, 0.29) is 5.56 Å². The van der Waals surface area contributed by atoms with Crippen LogP contribution in [0.2, 0.25) is 0 Å². The number of para-hydroxylation sites is 1. The van der Waals surface area contributed by atoms with Crippen LogP contribution in [0.1, 0.15) is 22.0 Å². The van der Waals surface area contributed by atoms with Gasteiger partial charge in [0.2, 0.25) is 6.10 Å². The fourth-order valence-corrected chi connectivity index (χ4v) is 4.18. The number of hydrogen-bond acceptors (Lipinski definition) is 6. The van der Waals surface area contributed by atoms with Gasteiger partial charge in [0.05, 0.1) is 19.9 Å². The molecule has 1 atom stereocenters. The Morgan fingerprint density at radius 1 is 0.775 bits per heavy atom. The number of methoxy groups -OCH3 is 2. The van der Waals surface area contributed by atoms with Gasteiger partial charge in [-0.15, -0.1) is 0 Å². The molecular weight excluding hydrogens is 506 g/mol. The maximum absolute atomic E-state index is 13.7. The van der Waals surface area contributed by atoms with Gasteiger partial charge in [-0.3, -0.25) is 4.79 Å². The molecular formula is C32H27N3O5. The first-order valence-electron chi connectivity index (χ1n) is 12.6. The Kier molecular flexibility index (Phi) is 7.87. The highest BCUT2D eigenvalue weighted by Gasteiger charge is 2.29. The molecule has 0 bridgehead atoms. The maximum Gasteiger partial charge on any atom is 0.343 e. The number of aromatic nitrogens is 2. The number of ether oxygens (including phenoxy) is 3. The number of carbonyl (C=O) groups excluding carboxylic acids is 2. The van der Waals surface area contributed by atoms with Crippen LogP contribution in [0.3, 0.4) is 0 Å². The van der Waals surface area contributed by atoms with Crippen LogP contribution in [0.4, 0.5) is 5.69 Å². The summed E-state index contributed by atoms with van der Waals surface area (Å²) >= 11 is 0. The van der Waals surface area contributed by atoms with Crippen molar-refractivity contribution in [2.75, 3.05) is 19.5 Å². The Bertz CT molecular complexity index is 1600. The van der Waals surface area contributed by atoms with Crippen molar-refractivity contribution in [2.45, 2.75) is 6.10 Å². The van der Waals surface area contributed by atoms with Gasteiger partial charge in [-0.1, -0.05) is 54.6 Å². The average Bonchev–Trinajstić information content (AvgIpc) is 3.46. The van der Waals surface area contributed by atoms with Crippen molar-refractivity contribution in [3.63, 3.8) is 0 Å². The maximum atomic E-state index is 13.7. The molecule has 8 heteroatoms. The van der Waals surface area contributed by atoms with Gasteiger partial charge in [0, 0.05) is 29.1 Å². The van der Waals surface area contributed by atoms with Crippen molar-refractivity contribution in [1.29, 1.82) is 0 Å². The Labute approximate surface area is 231 Å². The van der Waals surface area contributed by atoms with Crippen molar-refractivity contribution in [3.8, 4) is 28.4 Å². The predicted molar refractivity (Wildman–Crippen MR) is 152 cm³/mol. The van der Waals surface area contributed by atoms with Gasteiger partial charge < -0.3 is 19.5 Å². The lowest BCUT2D eigenvalue weighted by atomic mass is 10.1. The minimum Gasteiger partial charge on any atom is -0.497 e. The monoisotopic (exact) mass is 533 g/mol. The Balaban J connectivity index is 1.50. The summed E-state index contributed by atoms with van der Waals surface area (Å²) in [6.45, 7) is 0. The average molecular weight is 534 g/mol. The molecule has 0 unspecified atom stereocenters. The highest BCUT2D eigenvalue weighted by molar-refractivity contribution is 6.00. The molecule has 5 rings (SSSR count). The number of rotatable bonds is 9. The third kappa shape index (κ3) is 5.86. The van der Waals surface area contributed by atoms with Crippen LogP contribution >= 0.6 is 0 Å². The molecule has 200 valence electrons. The van der Waals surface area contributed by atoms with Crippen LogP contribution in [0.5, 0.6) is 11.5 Å². The number of hydrogen-bond donors (Lipinski definition) is 1. The van der Waals surface area contributed by atoms with Gasteiger partial charge >= 0.3 is 5.97 Å². The minimum absolute atomic E-state index is 0.212. The van der Waals surface area contributed by atoms with E-state index >= 15 is 0 Å². The van der Waals surface area contributed by atoms with Crippen molar-refractivity contribution in [3.05, 3.63) is 127 Å². The predicted octanol–water partition coefficient (Wildman–Crippen LogP) is 6.09. The largest absolute Gasteiger partial charge is 0.497 e. The van der Waals surface area contributed by atoms with E-state index in [9.17, 15) is 9.59 Å². The lowest BCUT2D eigenvalue weighted by molar-refractivity contribution is -0.125. The summed E-state index contributed by atoms with van der Waals surface area (Å²) in [5.74, 6) is 0.0640. The zero-order chi connectivity index (χ0) is 27.9. The molecule has 0 aliphatic carbocycles. The Morgan fingerprint density at radius 2 is 1.45 bits per heavy atom. The van der Waals surface area contributed by atoms with Crippen LogP contribution < -0.4 is 14.8 Å². The number of benzene rings is 4. The molecule has 1 amide bonds. The summed E-state index contributed by atoms with van der Waals surface area (Å²) in [7, 11) is 3.13. The minimum atomic E-state index is -1.22. The van der Waals surface area contributed by atoms with Crippen LogP contribution in [-0.4, -0.2) is 35.9 Å². The molecule has 5 aromatic rings. The number of carbonyl (C=O) groups is 2. The molecule has 0 fully saturated rings. The molecule has 0 aliphatic heterocycles. The lowest BCUT2D eigenvalue weighted by Gasteiger charge is -2.18. The van der Waals surface area contributed by atoms with Crippen LogP contribution in [0.25, 0.3) is 16.9 Å². The van der Waals surface area contributed by atoms with E-state index in [2.05, 4.69) is 5.32 Å². The second kappa shape index (κ2) is 12.0. The van der Waals surface area contributed by atoms with E-state index in [1.54, 1.807) is 85.8 Å². The summed E-state index contributed by atoms with van der Waals surface area (Å²) in [5.41, 5.74) is 3.13. The van der Waals surface area contributed by atoms with Gasteiger partial charge in [-0.05, 0) is 48.5 Å². The van der Waals surface area contributed by atoms with E-state index in [1.807, 2.05) is 48.5 Å². The topological polar surface area (TPSA) is 91.7 Å². The summed E-state index contributed by atoms with van der Waals surface area (Å²) in [6.07, 6.45) is 0.392. The van der Waals surface area contributed by atoms with Gasteiger partial charge in [-0.2, -0.15) is 5.10 Å². The normalized spacial score (nSPS) is 11.3. The zero-order valence-electron chi connectivity index (χ0n) is 22.0. The molecule has 4 aromatic carbocycles. The fraction of sp³-hybridized carbons (Fsp3) is 0.0938. The Hall–Kier alpha value is -5.37. The number of nitrogens with one attached hydrogen (secondary N) is 1. The van der Waals surface area contributed by atoms with Gasteiger partial charge in [-0.25, -0.2) is 9.48 Å². The molecule has 0 radical (unpaired) electrons. The molecule has 0 saturated carbocycles. The molecule has 1 heterocycles. The highest BCUT2D eigenvalue weighted by Crippen LogP contribution is 2.29. The number of esters is 1. The smallest absolute Gasteiger partial charge is 0.343 e. The molecule has 1 aromatic heterocycles. The van der Waals surface area contributed by atoms with Gasteiger partial charge in [0.25, 0.3) is 5.91 Å². The van der Waals surface area contributed by atoms with Crippen LogP contribution in [0, 0.1) is 0 Å². The standard InChI is InChI=1S/C32H27N3O5/c1-38-26-18-16-22(17-19-26)29-28(21-35(34-29)25-13-7-4-8-14-25)32(37)40-30(23-10-5-3-6-11-23)31(36)33-24-12-9-15-27(20-24)39-2/h3-21,30H,1-2H3,(H,33,36)/t30-/m1/s1. The summed E-state index contributed by atoms with van der Waals surface area (Å²) in [6, 6.07) is 32.5. The third-order valence-corrected chi connectivity index (χ3v) is 6.22. The lowest BCUT2D eigenvalue weighted by Crippen LogP contribution is -2.26. The first-order chi connectivity index (χ1) is 19.6. The molecule has 0 spiro atoms. The van der Waals surface area contributed by atoms with Crippen LogP contribution in [-0.2, 0) is 9.53 Å². The van der Waals surface area contributed by atoms with Crippen molar-refractivity contribution in [1.82, 2.24) is 9.78 Å². The van der Waals surface area contributed by atoms with Gasteiger partial charge in [0.15, 0.2) is 0 Å².